The van der Waals surface area contributed by atoms with E-state index in [2.05, 4.69) is 44.6 Å². The molecule has 0 saturated heterocycles. The van der Waals surface area contributed by atoms with Crippen LogP contribution >= 0.6 is 38.5 Å². The van der Waals surface area contributed by atoms with E-state index in [4.69, 9.17) is 10.00 Å². The third-order valence-electron chi connectivity index (χ3n) is 1.58. The van der Waals surface area contributed by atoms with E-state index in [9.17, 15) is 0 Å². The molecule has 14 heavy (non-hydrogen) atoms. The van der Waals surface area contributed by atoms with Gasteiger partial charge in [0.15, 0.2) is 0 Å². The molecule has 0 aliphatic carbocycles. The second kappa shape index (κ2) is 5.56. The Kier molecular flexibility index (Phi) is 4.69. The molecule has 1 aromatic carbocycles. The highest BCUT2D eigenvalue weighted by Gasteiger charge is 2.09. The van der Waals surface area contributed by atoms with Gasteiger partial charge < -0.3 is 4.74 Å². The van der Waals surface area contributed by atoms with E-state index in [1.807, 2.05) is 13.0 Å². The summed E-state index contributed by atoms with van der Waals surface area (Å²) in [5.41, 5.74) is 0.581. The highest BCUT2D eigenvalue weighted by atomic mass is 127. The van der Waals surface area contributed by atoms with Crippen LogP contribution in [-0.4, -0.2) is 6.61 Å². The van der Waals surface area contributed by atoms with Crippen molar-refractivity contribution in [3.63, 3.8) is 0 Å². The molecule has 1 rings (SSSR count). The number of benzene rings is 1. The van der Waals surface area contributed by atoms with E-state index in [0.717, 1.165) is 14.5 Å². The fourth-order valence-corrected chi connectivity index (χ4v) is 2.66. The van der Waals surface area contributed by atoms with Gasteiger partial charge in [-0.1, -0.05) is 22.9 Å². The number of halogens is 2. The lowest BCUT2D eigenvalue weighted by Crippen LogP contribution is -1.99. The minimum atomic E-state index is 0.581. The first-order valence-corrected chi connectivity index (χ1v) is 6.08. The predicted octanol–water partition coefficient (Wildman–Crippen LogP) is 3.71. The van der Waals surface area contributed by atoms with Crippen LogP contribution in [0.2, 0.25) is 0 Å². The van der Waals surface area contributed by atoms with Crippen LogP contribution in [0.4, 0.5) is 0 Å². The Balaban J connectivity index is 3.07. The number of hydrogen-bond donors (Lipinski definition) is 0. The Hall–Kier alpha value is -0.280. The molecule has 74 valence electrons. The fraction of sp³-hybridized carbons (Fsp3) is 0.300. The normalized spacial score (nSPS) is 9.57. The maximum absolute atomic E-state index is 8.91. The molecule has 4 heteroatoms. The van der Waals surface area contributed by atoms with Crippen LogP contribution in [-0.2, 0) is 0 Å². The molecule has 0 unspecified atom stereocenters. The second-order valence-electron chi connectivity index (χ2n) is 2.72. The Morgan fingerprint density at radius 1 is 1.57 bits per heavy atom. The fourth-order valence-electron chi connectivity index (χ4n) is 0.994. The van der Waals surface area contributed by atoms with Crippen LogP contribution < -0.4 is 4.74 Å². The van der Waals surface area contributed by atoms with Crippen LogP contribution in [0.3, 0.4) is 0 Å². The van der Waals surface area contributed by atoms with Gasteiger partial charge in [-0.15, -0.1) is 0 Å². The molecule has 1 aromatic rings. The number of ether oxygens (including phenoxy) is 1. The third-order valence-corrected chi connectivity index (χ3v) is 2.84. The molecule has 0 fully saturated rings. The summed E-state index contributed by atoms with van der Waals surface area (Å²) in [5.74, 6) is 0.693. The van der Waals surface area contributed by atoms with Gasteiger partial charge >= 0.3 is 0 Å². The largest absolute Gasteiger partial charge is 0.491 e. The van der Waals surface area contributed by atoms with Crippen molar-refractivity contribution in [1.29, 1.82) is 5.26 Å². The lowest BCUT2D eigenvalue weighted by atomic mass is 10.2. The van der Waals surface area contributed by atoms with Crippen LogP contribution in [0.15, 0.2) is 16.6 Å². The van der Waals surface area contributed by atoms with Crippen molar-refractivity contribution >= 4 is 38.5 Å². The Morgan fingerprint density at radius 3 is 2.86 bits per heavy atom. The van der Waals surface area contributed by atoms with E-state index in [-0.39, 0.29) is 0 Å². The highest BCUT2D eigenvalue weighted by molar-refractivity contribution is 14.1. The lowest BCUT2D eigenvalue weighted by Gasteiger charge is -2.09. The molecule has 2 nitrogen and oxygen atoms in total. The molecule has 0 aliphatic rings. The van der Waals surface area contributed by atoms with Crippen molar-refractivity contribution in [2.75, 3.05) is 6.61 Å². The summed E-state index contributed by atoms with van der Waals surface area (Å²) in [4.78, 5) is 0. The number of nitrogens with zero attached hydrogens (tertiary/aromatic N) is 1. The zero-order valence-corrected chi connectivity index (χ0v) is 11.4. The van der Waals surface area contributed by atoms with Crippen molar-refractivity contribution in [2.24, 2.45) is 0 Å². The minimum Gasteiger partial charge on any atom is -0.491 e. The van der Waals surface area contributed by atoms with E-state index in [1.54, 1.807) is 6.07 Å². The van der Waals surface area contributed by atoms with E-state index in [0.29, 0.717) is 17.9 Å². The summed E-state index contributed by atoms with van der Waals surface area (Å²) in [5, 5.41) is 8.91. The molecule has 0 amide bonds. The first-order valence-electron chi connectivity index (χ1n) is 4.21. The Bertz CT molecular complexity index is 373. The van der Waals surface area contributed by atoms with Crippen molar-refractivity contribution < 1.29 is 4.74 Å². The van der Waals surface area contributed by atoms with E-state index < -0.39 is 0 Å². The molecule has 0 spiro atoms. The average Bonchev–Trinajstić information content (AvgIpc) is 2.15. The zero-order valence-electron chi connectivity index (χ0n) is 7.68. The van der Waals surface area contributed by atoms with E-state index >= 15 is 0 Å². The molecule has 0 aromatic heterocycles. The first-order chi connectivity index (χ1) is 6.69. The summed E-state index contributed by atoms with van der Waals surface area (Å²) in [6.45, 7) is 2.68. The second-order valence-corrected chi connectivity index (χ2v) is 4.80. The van der Waals surface area contributed by atoms with Crippen LogP contribution in [0.1, 0.15) is 18.9 Å². The minimum absolute atomic E-state index is 0.581. The topological polar surface area (TPSA) is 33.0 Å². The smallest absolute Gasteiger partial charge is 0.150 e. The summed E-state index contributed by atoms with van der Waals surface area (Å²) in [7, 11) is 0. The average molecular weight is 366 g/mol. The molecule has 0 saturated carbocycles. The molecule has 0 bridgehead atoms. The lowest BCUT2D eigenvalue weighted by molar-refractivity contribution is 0.314. The van der Waals surface area contributed by atoms with Crippen molar-refractivity contribution in [1.82, 2.24) is 0 Å². The summed E-state index contributed by atoms with van der Waals surface area (Å²) in [6, 6.07) is 5.83. The van der Waals surface area contributed by atoms with Crippen LogP contribution in [0.5, 0.6) is 5.75 Å². The SMILES string of the molecule is CCCOc1c(I)cc(Br)cc1C#N. The van der Waals surface area contributed by atoms with Gasteiger partial charge in [0.2, 0.25) is 0 Å². The van der Waals surface area contributed by atoms with E-state index in [1.165, 1.54) is 0 Å². The Labute approximate surface area is 106 Å². The summed E-state index contributed by atoms with van der Waals surface area (Å²) < 4.78 is 7.38. The third kappa shape index (κ3) is 2.85. The van der Waals surface area contributed by atoms with Gasteiger partial charge in [-0.2, -0.15) is 5.26 Å². The van der Waals surface area contributed by atoms with Gasteiger partial charge in [0.1, 0.15) is 11.8 Å². The van der Waals surface area contributed by atoms with Crippen LogP contribution in [0, 0.1) is 14.9 Å². The molecule has 0 heterocycles. The molecular formula is C10H9BrINO. The number of nitriles is 1. The molecule has 0 aliphatic heterocycles. The van der Waals surface area contributed by atoms with Gasteiger partial charge in [0.05, 0.1) is 15.7 Å². The van der Waals surface area contributed by atoms with Gasteiger partial charge in [-0.3, -0.25) is 0 Å². The maximum Gasteiger partial charge on any atom is 0.150 e. The van der Waals surface area contributed by atoms with Gasteiger partial charge in [0, 0.05) is 4.47 Å². The number of rotatable bonds is 3. The van der Waals surface area contributed by atoms with Crippen molar-refractivity contribution in [3.8, 4) is 11.8 Å². The molecule has 0 radical (unpaired) electrons. The van der Waals surface area contributed by atoms with Gasteiger partial charge in [0.25, 0.3) is 0 Å². The maximum atomic E-state index is 8.91. The van der Waals surface area contributed by atoms with Crippen molar-refractivity contribution in [2.45, 2.75) is 13.3 Å². The van der Waals surface area contributed by atoms with Gasteiger partial charge in [-0.25, -0.2) is 0 Å². The summed E-state index contributed by atoms with van der Waals surface area (Å²) >= 11 is 5.51. The van der Waals surface area contributed by atoms with Crippen molar-refractivity contribution in [3.05, 3.63) is 25.7 Å². The standard InChI is InChI=1S/C10H9BrINO/c1-2-3-14-10-7(6-13)4-8(11)5-9(10)12/h4-5H,2-3H2,1H3. The predicted molar refractivity (Wildman–Crippen MR) is 67.4 cm³/mol. The monoisotopic (exact) mass is 365 g/mol. The quantitative estimate of drug-likeness (QED) is 0.765. The molecule has 0 atom stereocenters. The zero-order chi connectivity index (χ0) is 10.6. The van der Waals surface area contributed by atoms with Crippen LogP contribution in [0.25, 0.3) is 0 Å². The summed E-state index contributed by atoms with van der Waals surface area (Å²) in [6.07, 6.45) is 0.941. The highest BCUT2D eigenvalue weighted by Crippen LogP contribution is 2.29. The first kappa shape index (κ1) is 11.8. The molecule has 0 N–H and O–H groups in total. The Morgan fingerprint density at radius 2 is 2.29 bits per heavy atom. The van der Waals surface area contributed by atoms with Gasteiger partial charge in [-0.05, 0) is 41.1 Å². The molecular weight excluding hydrogens is 357 g/mol. The number of hydrogen-bond acceptors (Lipinski definition) is 2.